The molecular weight excluding hydrogens is 234 g/mol. The summed E-state index contributed by atoms with van der Waals surface area (Å²) >= 11 is 0. The molecule has 0 aliphatic heterocycles. The third-order valence-electron chi connectivity index (χ3n) is 5.90. The fourth-order valence-corrected chi connectivity index (χ4v) is 5.54. The lowest BCUT2D eigenvalue weighted by atomic mass is 9.49. The van der Waals surface area contributed by atoms with Crippen LogP contribution in [-0.2, 0) is 12.0 Å². The van der Waals surface area contributed by atoms with Gasteiger partial charge < -0.3 is 5.73 Å². The Morgan fingerprint density at radius 2 is 1.79 bits per heavy atom. The van der Waals surface area contributed by atoms with E-state index in [1.807, 2.05) is 0 Å². The Bertz CT molecular complexity index is 453. The van der Waals surface area contributed by atoms with Gasteiger partial charge in [-0.05, 0) is 69.3 Å². The molecule has 104 valence electrons. The molecule has 1 heterocycles. The molecule has 3 heteroatoms. The first-order valence-electron chi connectivity index (χ1n) is 7.93. The maximum atomic E-state index is 5.68. The SMILES string of the molecule is Cc1cc(C23CC4CC(CC(C4)C2)C3)nn1CCN. The van der Waals surface area contributed by atoms with Gasteiger partial charge in [0.05, 0.1) is 12.2 Å². The predicted molar refractivity (Wildman–Crippen MR) is 75.9 cm³/mol. The molecule has 4 saturated carbocycles. The molecule has 4 aliphatic carbocycles. The number of nitrogens with two attached hydrogens (primary N) is 1. The van der Waals surface area contributed by atoms with Crippen molar-refractivity contribution >= 4 is 0 Å². The van der Waals surface area contributed by atoms with Crippen LogP contribution in [0.15, 0.2) is 6.07 Å². The molecule has 3 nitrogen and oxygen atoms in total. The standard InChI is InChI=1S/C16H25N3/c1-11-4-15(18-19(11)3-2-17)16-8-12-5-13(9-16)7-14(6-12)10-16/h4,12-14H,2-3,5-10,17H2,1H3. The summed E-state index contributed by atoms with van der Waals surface area (Å²) < 4.78 is 2.12. The van der Waals surface area contributed by atoms with E-state index in [9.17, 15) is 0 Å². The number of rotatable bonds is 3. The van der Waals surface area contributed by atoms with Crippen molar-refractivity contribution in [3.05, 3.63) is 17.5 Å². The lowest BCUT2D eigenvalue weighted by Gasteiger charge is -2.56. The smallest absolute Gasteiger partial charge is 0.0689 e. The fraction of sp³-hybridized carbons (Fsp3) is 0.812. The largest absolute Gasteiger partial charge is 0.329 e. The first-order chi connectivity index (χ1) is 9.18. The van der Waals surface area contributed by atoms with Crippen LogP contribution in [0, 0.1) is 24.7 Å². The van der Waals surface area contributed by atoms with Crippen molar-refractivity contribution in [3.63, 3.8) is 0 Å². The van der Waals surface area contributed by atoms with E-state index >= 15 is 0 Å². The highest BCUT2D eigenvalue weighted by Gasteiger charge is 2.52. The number of hydrogen-bond acceptors (Lipinski definition) is 2. The molecule has 4 aliphatic rings. The van der Waals surface area contributed by atoms with E-state index in [2.05, 4.69) is 17.7 Å². The monoisotopic (exact) mass is 259 g/mol. The first-order valence-corrected chi connectivity index (χ1v) is 7.93. The number of aryl methyl sites for hydroxylation is 1. The maximum Gasteiger partial charge on any atom is 0.0689 e. The zero-order valence-electron chi connectivity index (χ0n) is 11.9. The second-order valence-corrected chi connectivity index (χ2v) is 7.38. The molecule has 2 N–H and O–H groups in total. The molecule has 0 aromatic carbocycles. The third-order valence-corrected chi connectivity index (χ3v) is 5.90. The van der Waals surface area contributed by atoms with Crippen molar-refractivity contribution in [2.75, 3.05) is 6.54 Å². The Hall–Kier alpha value is -0.830. The summed E-state index contributed by atoms with van der Waals surface area (Å²) in [4.78, 5) is 0. The summed E-state index contributed by atoms with van der Waals surface area (Å²) in [5, 5.41) is 4.93. The van der Waals surface area contributed by atoms with E-state index < -0.39 is 0 Å². The Morgan fingerprint density at radius 3 is 2.32 bits per heavy atom. The molecule has 0 radical (unpaired) electrons. The first kappa shape index (κ1) is 12.0. The molecule has 4 bridgehead atoms. The molecule has 1 aromatic rings. The van der Waals surface area contributed by atoms with E-state index in [1.165, 1.54) is 49.9 Å². The van der Waals surface area contributed by atoms with Gasteiger partial charge >= 0.3 is 0 Å². The number of nitrogens with zero attached hydrogens (tertiary/aromatic N) is 2. The molecule has 0 amide bonds. The van der Waals surface area contributed by atoms with Gasteiger partial charge in [-0.3, -0.25) is 4.68 Å². The van der Waals surface area contributed by atoms with Crippen LogP contribution in [0.25, 0.3) is 0 Å². The van der Waals surface area contributed by atoms with E-state index in [-0.39, 0.29) is 0 Å². The van der Waals surface area contributed by atoms with Crippen molar-refractivity contribution in [3.8, 4) is 0 Å². The van der Waals surface area contributed by atoms with Gasteiger partial charge in [-0.25, -0.2) is 0 Å². The van der Waals surface area contributed by atoms with Crippen molar-refractivity contribution in [2.24, 2.45) is 23.5 Å². The van der Waals surface area contributed by atoms with E-state index in [0.29, 0.717) is 12.0 Å². The summed E-state index contributed by atoms with van der Waals surface area (Å²) in [5.74, 6) is 2.98. The van der Waals surface area contributed by atoms with Gasteiger partial charge in [0, 0.05) is 17.7 Å². The molecule has 19 heavy (non-hydrogen) atoms. The average molecular weight is 259 g/mol. The van der Waals surface area contributed by atoms with E-state index in [4.69, 9.17) is 10.8 Å². The topological polar surface area (TPSA) is 43.8 Å². The molecule has 0 spiro atoms. The normalized spacial score (nSPS) is 40.0. The summed E-state index contributed by atoms with van der Waals surface area (Å²) in [6.07, 6.45) is 8.71. The van der Waals surface area contributed by atoms with Crippen LogP contribution >= 0.6 is 0 Å². The second-order valence-electron chi connectivity index (χ2n) is 7.38. The highest BCUT2D eigenvalue weighted by Crippen LogP contribution is 2.60. The summed E-state index contributed by atoms with van der Waals surface area (Å²) in [6.45, 7) is 3.72. The molecular formula is C16H25N3. The van der Waals surface area contributed by atoms with Gasteiger partial charge in [0.15, 0.2) is 0 Å². The Balaban J connectivity index is 1.69. The van der Waals surface area contributed by atoms with E-state index in [0.717, 1.165) is 24.3 Å². The minimum atomic E-state index is 0.430. The molecule has 5 rings (SSSR count). The minimum absolute atomic E-state index is 0.430. The van der Waals surface area contributed by atoms with E-state index in [1.54, 1.807) is 0 Å². The van der Waals surface area contributed by atoms with Gasteiger partial charge in [0.1, 0.15) is 0 Å². The van der Waals surface area contributed by atoms with Gasteiger partial charge in [-0.2, -0.15) is 5.10 Å². The Kier molecular flexibility index (Phi) is 2.57. The summed E-state index contributed by atoms with van der Waals surface area (Å²) in [7, 11) is 0. The van der Waals surface area contributed by atoms with Crippen LogP contribution in [0.1, 0.15) is 49.9 Å². The zero-order chi connectivity index (χ0) is 13.0. The van der Waals surface area contributed by atoms with Crippen LogP contribution in [0.4, 0.5) is 0 Å². The highest BCUT2D eigenvalue weighted by atomic mass is 15.3. The molecule has 0 saturated heterocycles. The van der Waals surface area contributed by atoms with Crippen molar-refractivity contribution in [1.29, 1.82) is 0 Å². The van der Waals surface area contributed by atoms with Gasteiger partial charge in [0.25, 0.3) is 0 Å². The van der Waals surface area contributed by atoms with Gasteiger partial charge in [0.2, 0.25) is 0 Å². The Labute approximate surface area is 115 Å². The number of aromatic nitrogens is 2. The van der Waals surface area contributed by atoms with Gasteiger partial charge in [-0.1, -0.05) is 0 Å². The van der Waals surface area contributed by atoms with Crippen molar-refractivity contribution in [1.82, 2.24) is 9.78 Å². The summed E-state index contributed by atoms with van der Waals surface area (Å²) in [6, 6.07) is 2.35. The maximum absolute atomic E-state index is 5.68. The molecule has 4 fully saturated rings. The van der Waals surface area contributed by atoms with Crippen molar-refractivity contribution in [2.45, 2.75) is 57.4 Å². The molecule has 0 atom stereocenters. The quantitative estimate of drug-likeness (QED) is 0.907. The lowest BCUT2D eigenvalue weighted by Crippen LogP contribution is -2.48. The summed E-state index contributed by atoms with van der Waals surface area (Å²) in [5.41, 5.74) is 8.79. The average Bonchev–Trinajstić information content (AvgIpc) is 2.70. The molecule has 0 unspecified atom stereocenters. The van der Waals surface area contributed by atoms with Crippen LogP contribution < -0.4 is 5.73 Å². The minimum Gasteiger partial charge on any atom is -0.329 e. The zero-order valence-corrected chi connectivity index (χ0v) is 11.9. The van der Waals surface area contributed by atoms with Crippen LogP contribution in [0.3, 0.4) is 0 Å². The van der Waals surface area contributed by atoms with Crippen LogP contribution in [-0.4, -0.2) is 16.3 Å². The lowest BCUT2D eigenvalue weighted by molar-refractivity contribution is -0.00747. The molecule has 1 aromatic heterocycles. The van der Waals surface area contributed by atoms with Gasteiger partial charge in [-0.15, -0.1) is 0 Å². The van der Waals surface area contributed by atoms with Crippen molar-refractivity contribution < 1.29 is 0 Å². The van der Waals surface area contributed by atoms with Crippen LogP contribution in [0.5, 0.6) is 0 Å². The highest BCUT2D eigenvalue weighted by molar-refractivity contribution is 5.24. The number of hydrogen-bond donors (Lipinski definition) is 1. The fourth-order valence-electron chi connectivity index (χ4n) is 5.54. The van der Waals surface area contributed by atoms with Crippen LogP contribution in [0.2, 0.25) is 0 Å². The second kappa shape index (κ2) is 4.08. The Morgan fingerprint density at radius 1 is 1.21 bits per heavy atom. The third kappa shape index (κ3) is 1.78. The predicted octanol–water partition coefficient (Wildman–Crippen LogP) is 2.62.